The van der Waals surface area contributed by atoms with Gasteiger partial charge in [0.15, 0.2) is 5.82 Å². The molecule has 0 saturated carbocycles. The number of aromatic nitrogens is 3. The lowest BCUT2D eigenvalue weighted by Crippen LogP contribution is -2.57. The van der Waals surface area contributed by atoms with Crippen molar-refractivity contribution in [3.05, 3.63) is 41.8 Å². The maximum absolute atomic E-state index is 16.7. The minimum Gasteiger partial charge on any atom is -0.461 e. The third-order valence-corrected chi connectivity index (χ3v) is 10.1. The Labute approximate surface area is 265 Å². The number of ether oxygens (including phenoxy) is 2. The summed E-state index contributed by atoms with van der Waals surface area (Å²) in [5.41, 5.74) is 1.75. The summed E-state index contributed by atoms with van der Waals surface area (Å²) in [5.74, 6) is 0.346. The standard InChI is InChI=1S/C35H45FN6O3/c1-22(2)25-10-6-7-11-26(25)29-28(36)30-27(18-37-29)31(39-32(38-30)44-21-35-14-8-16-41(35)17-9-15-35)40-19-23-12-13-24(20-40)42(23)33(43)45-34(3,4)5/h6-7,10-11,18,22-24H,8-9,12-17,19-21H2,1-5H3/t23-,24?/m0/s1. The maximum Gasteiger partial charge on any atom is 0.410 e. The van der Waals surface area contributed by atoms with Crippen molar-refractivity contribution in [2.75, 3.05) is 37.7 Å². The second-order valence-corrected chi connectivity index (χ2v) is 14.6. The number of hydrogen-bond donors (Lipinski definition) is 0. The maximum atomic E-state index is 16.7. The molecule has 0 N–H and O–H groups in total. The number of hydrogen-bond acceptors (Lipinski definition) is 8. The summed E-state index contributed by atoms with van der Waals surface area (Å²) in [6.45, 7) is 13.7. The highest BCUT2D eigenvalue weighted by Gasteiger charge is 2.46. The molecule has 4 aliphatic heterocycles. The Bertz CT molecular complexity index is 1580. The Morgan fingerprint density at radius 1 is 1.07 bits per heavy atom. The number of piperazine rings is 1. The molecule has 0 spiro atoms. The molecule has 0 aliphatic carbocycles. The Balaban J connectivity index is 1.27. The highest BCUT2D eigenvalue weighted by molar-refractivity contribution is 5.92. The van der Waals surface area contributed by atoms with Crippen molar-refractivity contribution < 1.29 is 18.7 Å². The fraction of sp³-hybridized carbons (Fsp3) is 0.600. The van der Waals surface area contributed by atoms with E-state index in [2.05, 4.69) is 28.6 Å². The summed E-state index contributed by atoms with van der Waals surface area (Å²) < 4.78 is 28.8. The average Bonchev–Trinajstić information content (AvgIpc) is 3.66. The number of carbonyl (C=O) groups excluding carboxylic acids is 1. The van der Waals surface area contributed by atoms with Crippen molar-refractivity contribution in [3.8, 4) is 17.3 Å². The quantitative estimate of drug-likeness (QED) is 0.308. The lowest BCUT2D eigenvalue weighted by atomic mass is 9.94. The van der Waals surface area contributed by atoms with Crippen LogP contribution in [0.25, 0.3) is 22.2 Å². The van der Waals surface area contributed by atoms with Crippen LogP contribution in [0, 0.1) is 5.82 Å². The van der Waals surface area contributed by atoms with Crippen molar-refractivity contribution in [2.24, 2.45) is 0 Å². The Morgan fingerprint density at radius 3 is 2.42 bits per heavy atom. The smallest absolute Gasteiger partial charge is 0.410 e. The number of amides is 1. The largest absolute Gasteiger partial charge is 0.461 e. The molecule has 3 aromatic rings. The summed E-state index contributed by atoms with van der Waals surface area (Å²) in [6, 6.07) is 8.00. The molecule has 4 saturated heterocycles. The van der Waals surface area contributed by atoms with E-state index in [1.807, 2.05) is 49.9 Å². The summed E-state index contributed by atoms with van der Waals surface area (Å²) in [5, 5.41) is 0.553. The molecule has 4 aliphatic rings. The minimum absolute atomic E-state index is 0.00871. The molecule has 7 rings (SSSR count). The van der Waals surface area contributed by atoms with Crippen LogP contribution in [0.2, 0.25) is 0 Å². The van der Waals surface area contributed by atoms with Gasteiger partial charge in [0.05, 0.1) is 23.0 Å². The van der Waals surface area contributed by atoms with E-state index in [9.17, 15) is 4.79 Å². The fourth-order valence-electron chi connectivity index (χ4n) is 8.08. The first kappa shape index (κ1) is 30.1. The van der Waals surface area contributed by atoms with Gasteiger partial charge in [-0.2, -0.15) is 9.97 Å². The number of pyridine rings is 1. The van der Waals surface area contributed by atoms with Crippen LogP contribution in [0.3, 0.4) is 0 Å². The van der Waals surface area contributed by atoms with E-state index in [1.165, 1.54) is 0 Å². The third kappa shape index (κ3) is 5.49. The fourth-order valence-corrected chi connectivity index (χ4v) is 8.08. The SMILES string of the molecule is CC(C)c1ccccc1-c1ncc2c(N3CC4CC[C@@H](C3)N4C(=O)OC(C)(C)C)nc(OCC34CCCN3CCC4)nc2c1F. The molecule has 1 amide bonds. The summed E-state index contributed by atoms with van der Waals surface area (Å²) in [6.07, 6.45) is 7.72. The van der Waals surface area contributed by atoms with Gasteiger partial charge >= 0.3 is 12.1 Å². The van der Waals surface area contributed by atoms with Gasteiger partial charge in [-0.05, 0) is 83.9 Å². The first-order chi connectivity index (χ1) is 21.5. The van der Waals surface area contributed by atoms with Crippen LogP contribution in [0.4, 0.5) is 15.0 Å². The highest BCUT2D eigenvalue weighted by Crippen LogP contribution is 2.41. The van der Waals surface area contributed by atoms with Crippen LogP contribution in [0.5, 0.6) is 6.01 Å². The molecule has 1 unspecified atom stereocenters. The van der Waals surface area contributed by atoms with Gasteiger partial charge in [-0.1, -0.05) is 38.1 Å². The van der Waals surface area contributed by atoms with Gasteiger partial charge in [0.1, 0.15) is 29.2 Å². The Morgan fingerprint density at radius 2 is 1.76 bits per heavy atom. The van der Waals surface area contributed by atoms with Gasteiger partial charge in [0.25, 0.3) is 0 Å². The third-order valence-electron chi connectivity index (χ3n) is 10.1. The zero-order chi connectivity index (χ0) is 31.5. The molecule has 4 fully saturated rings. The van der Waals surface area contributed by atoms with E-state index in [-0.39, 0.29) is 46.9 Å². The van der Waals surface area contributed by atoms with Gasteiger partial charge in [0, 0.05) is 24.8 Å². The minimum atomic E-state index is -0.564. The normalized spacial score (nSPS) is 22.8. The van der Waals surface area contributed by atoms with Crippen molar-refractivity contribution in [3.63, 3.8) is 0 Å². The second-order valence-electron chi connectivity index (χ2n) is 14.6. The molecule has 2 aromatic heterocycles. The molecule has 0 radical (unpaired) electrons. The van der Waals surface area contributed by atoms with E-state index in [0.29, 0.717) is 30.9 Å². The molecule has 10 heteroatoms. The predicted molar refractivity (Wildman–Crippen MR) is 172 cm³/mol. The van der Waals surface area contributed by atoms with Crippen LogP contribution in [0.1, 0.15) is 84.6 Å². The van der Waals surface area contributed by atoms with Crippen molar-refractivity contribution in [1.29, 1.82) is 0 Å². The van der Waals surface area contributed by atoms with E-state index < -0.39 is 11.4 Å². The Kier molecular flexibility index (Phi) is 7.61. The van der Waals surface area contributed by atoms with Crippen LogP contribution in [-0.2, 0) is 4.74 Å². The zero-order valence-electron chi connectivity index (χ0n) is 27.2. The van der Waals surface area contributed by atoms with E-state index in [4.69, 9.17) is 19.4 Å². The Hall–Kier alpha value is -3.53. The van der Waals surface area contributed by atoms with Crippen molar-refractivity contribution in [1.82, 2.24) is 24.8 Å². The number of fused-ring (bicyclic) bond motifs is 4. The van der Waals surface area contributed by atoms with Crippen LogP contribution < -0.4 is 9.64 Å². The van der Waals surface area contributed by atoms with Crippen molar-refractivity contribution >= 4 is 22.8 Å². The molecule has 2 bridgehead atoms. The highest BCUT2D eigenvalue weighted by atomic mass is 19.1. The number of benzene rings is 1. The number of halogens is 1. The molecule has 45 heavy (non-hydrogen) atoms. The van der Waals surface area contributed by atoms with Crippen LogP contribution in [-0.4, -0.2) is 86.9 Å². The summed E-state index contributed by atoms with van der Waals surface area (Å²) >= 11 is 0. The van der Waals surface area contributed by atoms with E-state index >= 15 is 4.39 Å². The molecular formula is C35H45FN6O3. The number of carbonyl (C=O) groups is 1. The molecular weight excluding hydrogens is 571 g/mol. The average molecular weight is 617 g/mol. The first-order valence-electron chi connectivity index (χ1n) is 16.6. The van der Waals surface area contributed by atoms with Gasteiger partial charge < -0.3 is 14.4 Å². The van der Waals surface area contributed by atoms with Crippen LogP contribution in [0.15, 0.2) is 30.5 Å². The molecule has 1 aromatic carbocycles. The predicted octanol–water partition coefficient (Wildman–Crippen LogP) is 6.55. The molecule has 240 valence electrons. The molecule has 9 nitrogen and oxygen atoms in total. The van der Waals surface area contributed by atoms with E-state index in [1.54, 1.807) is 6.20 Å². The lowest BCUT2D eigenvalue weighted by molar-refractivity contribution is 0.0122. The van der Waals surface area contributed by atoms with Crippen molar-refractivity contribution in [2.45, 2.75) is 102 Å². The molecule has 2 atom stereocenters. The molecule has 6 heterocycles. The first-order valence-corrected chi connectivity index (χ1v) is 16.6. The zero-order valence-corrected chi connectivity index (χ0v) is 27.2. The number of nitrogens with zero attached hydrogens (tertiary/aromatic N) is 6. The van der Waals surface area contributed by atoms with Gasteiger partial charge in [0.2, 0.25) is 0 Å². The van der Waals surface area contributed by atoms with Crippen LogP contribution >= 0.6 is 0 Å². The number of anilines is 1. The van der Waals surface area contributed by atoms with Gasteiger partial charge in [-0.3, -0.25) is 14.8 Å². The second kappa shape index (κ2) is 11.4. The van der Waals surface area contributed by atoms with E-state index in [0.717, 1.165) is 62.7 Å². The lowest BCUT2D eigenvalue weighted by Gasteiger charge is -2.42. The monoisotopic (exact) mass is 616 g/mol. The summed E-state index contributed by atoms with van der Waals surface area (Å²) in [7, 11) is 0. The summed E-state index contributed by atoms with van der Waals surface area (Å²) in [4.78, 5) is 34.1. The van der Waals surface area contributed by atoms with Gasteiger partial charge in [-0.25, -0.2) is 9.18 Å². The van der Waals surface area contributed by atoms with Gasteiger partial charge in [-0.15, -0.1) is 0 Å². The number of rotatable bonds is 6. The topological polar surface area (TPSA) is 83.9 Å².